The van der Waals surface area contributed by atoms with E-state index in [2.05, 4.69) is 53.7 Å². The van der Waals surface area contributed by atoms with E-state index in [4.69, 9.17) is 0 Å². The van der Waals surface area contributed by atoms with Crippen LogP contribution < -0.4 is 0 Å². The normalized spacial score (nSPS) is 42.2. The molecular formula is C28H44O. The van der Waals surface area contributed by atoms with Gasteiger partial charge in [0.1, 0.15) is 0 Å². The van der Waals surface area contributed by atoms with Gasteiger partial charge in [-0.1, -0.05) is 55.2 Å². The highest BCUT2D eigenvalue weighted by atomic mass is 16.3. The Balaban J connectivity index is 1.54. The molecule has 4 rings (SSSR count). The summed E-state index contributed by atoms with van der Waals surface area (Å²) in [6, 6.07) is 0. The third-order valence-electron chi connectivity index (χ3n) is 10.1. The lowest BCUT2D eigenvalue weighted by Gasteiger charge is -2.55. The molecule has 3 fully saturated rings. The van der Waals surface area contributed by atoms with Gasteiger partial charge in [0.2, 0.25) is 0 Å². The molecule has 0 saturated heterocycles. The van der Waals surface area contributed by atoms with Crippen molar-refractivity contribution in [2.75, 3.05) is 0 Å². The van der Waals surface area contributed by atoms with Gasteiger partial charge in [-0.15, -0.1) is 0 Å². The number of allylic oxidation sites excluding steroid dienone is 5. The van der Waals surface area contributed by atoms with E-state index >= 15 is 0 Å². The zero-order valence-corrected chi connectivity index (χ0v) is 19.9. The SMILES string of the molecule is CC(C)=C(C)CC[C@@H](C)[C@H]1CC[C@H]2C3=CC=C4C[C@@H](O)CC[C@]4(C)[C@H]3CC[C@]12C. The lowest BCUT2D eigenvalue weighted by Crippen LogP contribution is -2.46. The van der Waals surface area contributed by atoms with Crippen molar-refractivity contribution in [1.29, 1.82) is 0 Å². The van der Waals surface area contributed by atoms with Gasteiger partial charge in [0.05, 0.1) is 6.10 Å². The predicted octanol–water partition coefficient (Wildman–Crippen LogP) is 7.62. The summed E-state index contributed by atoms with van der Waals surface area (Å²) in [5.74, 6) is 3.23. The van der Waals surface area contributed by atoms with E-state index in [9.17, 15) is 5.11 Å². The standard InChI is InChI=1S/C28H44O/c1-18(2)19(3)7-8-20(4)24-11-12-25-23-10-9-21-17-22(29)13-15-27(21,5)26(23)14-16-28(24,25)6/h9-10,20,22,24-26,29H,7-8,11-17H2,1-6H3/t20-,22+,24-,25+,26+,27+,28-/m1/s1. The van der Waals surface area contributed by atoms with Crippen molar-refractivity contribution in [3.63, 3.8) is 0 Å². The summed E-state index contributed by atoms with van der Waals surface area (Å²) in [4.78, 5) is 0. The van der Waals surface area contributed by atoms with E-state index in [1.807, 2.05) is 0 Å². The monoisotopic (exact) mass is 396 g/mol. The number of hydrogen-bond donors (Lipinski definition) is 1. The molecule has 4 aliphatic carbocycles. The average molecular weight is 397 g/mol. The minimum absolute atomic E-state index is 0.112. The zero-order chi connectivity index (χ0) is 21.0. The van der Waals surface area contributed by atoms with E-state index in [1.165, 1.54) is 56.1 Å². The van der Waals surface area contributed by atoms with Crippen molar-refractivity contribution in [2.24, 2.45) is 34.5 Å². The van der Waals surface area contributed by atoms with Gasteiger partial charge in [-0.2, -0.15) is 0 Å². The maximum Gasteiger partial charge on any atom is 0.0578 e. The Morgan fingerprint density at radius 1 is 1.03 bits per heavy atom. The molecule has 4 aliphatic rings. The van der Waals surface area contributed by atoms with Crippen molar-refractivity contribution in [2.45, 2.75) is 105 Å². The third kappa shape index (κ3) is 3.50. The quantitative estimate of drug-likeness (QED) is 0.484. The Morgan fingerprint density at radius 3 is 2.52 bits per heavy atom. The maximum absolute atomic E-state index is 10.2. The van der Waals surface area contributed by atoms with Gasteiger partial charge in [-0.25, -0.2) is 0 Å². The van der Waals surface area contributed by atoms with E-state index in [0.717, 1.165) is 36.5 Å². The van der Waals surface area contributed by atoms with Crippen LogP contribution in [0.3, 0.4) is 0 Å². The molecular weight excluding hydrogens is 352 g/mol. The van der Waals surface area contributed by atoms with Crippen LogP contribution in [0.25, 0.3) is 0 Å². The second kappa shape index (κ2) is 7.70. The molecule has 1 nitrogen and oxygen atoms in total. The van der Waals surface area contributed by atoms with E-state index in [1.54, 1.807) is 11.1 Å². The van der Waals surface area contributed by atoms with Crippen LogP contribution in [0.15, 0.2) is 34.4 Å². The summed E-state index contributed by atoms with van der Waals surface area (Å²) in [5.41, 5.74) is 7.24. The lowest BCUT2D eigenvalue weighted by atomic mass is 9.50. The molecule has 162 valence electrons. The van der Waals surface area contributed by atoms with Gasteiger partial charge in [0.25, 0.3) is 0 Å². The van der Waals surface area contributed by atoms with Crippen molar-refractivity contribution in [1.82, 2.24) is 0 Å². The van der Waals surface area contributed by atoms with Crippen LogP contribution in [0.2, 0.25) is 0 Å². The number of rotatable bonds is 4. The Morgan fingerprint density at radius 2 is 1.79 bits per heavy atom. The first kappa shape index (κ1) is 21.4. The second-order valence-electron chi connectivity index (χ2n) is 11.8. The first-order chi connectivity index (χ1) is 13.7. The molecule has 0 amide bonds. The van der Waals surface area contributed by atoms with Crippen LogP contribution >= 0.6 is 0 Å². The van der Waals surface area contributed by atoms with Gasteiger partial charge < -0.3 is 5.11 Å². The van der Waals surface area contributed by atoms with E-state index < -0.39 is 0 Å². The molecule has 0 aromatic carbocycles. The molecule has 0 unspecified atom stereocenters. The highest BCUT2D eigenvalue weighted by molar-refractivity contribution is 5.38. The topological polar surface area (TPSA) is 20.2 Å². The van der Waals surface area contributed by atoms with E-state index in [0.29, 0.717) is 10.8 Å². The van der Waals surface area contributed by atoms with Gasteiger partial charge in [-0.05, 0) is 113 Å². The van der Waals surface area contributed by atoms with Crippen molar-refractivity contribution >= 4 is 0 Å². The van der Waals surface area contributed by atoms with Gasteiger partial charge in [0.15, 0.2) is 0 Å². The highest BCUT2D eigenvalue weighted by Crippen LogP contribution is 2.66. The molecule has 0 radical (unpaired) electrons. The maximum atomic E-state index is 10.2. The molecule has 7 atom stereocenters. The molecule has 29 heavy (non-hydrogen) atoms. The first-order valence-electron chi connectivity index (χ1n) is 12.4. The smallest absolute Gasteiger partial charge is 0.0578 e. The van der Waals surface area contributed by atoms with Gasteiger partial charge in [0, 0.05) is 0 Å². The van der Waals surface area contributed by atoms with Crippen LogP contribution in [-0.2, 0) is 0 Å². The Labute approximate surface area is 179 Å². The molecule has 3 saturated carbocycles. The molecule has 1 N–H and O–H groups in total. The number of fused-ring (bicyclic) bond motifs is 5. The average Bonchev–Trinajstić information content (AvgIpc) is 3.03. The molecule has 0 spiro atoms. The third-order valence-corrected chi connectivity index (χ3v) is 10.1. The molecule has 0 aromatic rings. The predicted molar refractivity (Wildman–Crippen MR) is 124 cm³/mol. The summed E-state index contributed by atoms with van der Waals surface area (Å²) in [6.45, 7) is 14.5. The fourth-order valence-electron chi connectivity index (χ4n) is 7.85. The largest absolute Gasteiger partial charge is 0.393 e. The number of aliphatic hydroxyl groups excluding tert-OH is 1. The highest BCUT2D eigenvalue weighted by Gasteiger charge is 2.56. The second-order valence-corrected chi connectivity index (χ2v) is 11.8. The summed E-state index contributed by atoms with van der Waals surface area (Å²) in [6.07, 6.45) is 16.1. The molecule has 0 aromatic heterocycles. The van der Waals surface area contributed by atoms with E-state index in [-0.39, 0.29) is 6.10 Å². The van der Waals surface area contributed by atoms with Gasteiger partial charge >= 0.3 is 0 Å². The van der Waals surface area contributed by atoms with Crippen molar-refractivity contribution < 1.29 is 5.11 Å². The molecule has 0 heterocycles. The number of hydrogen-bond acceptors (Lipinski definition) is 1. The summed E-state index contributed by atoms with van der Waals surface area (Å²) >= 11 is 0. The van der Waals surface area contributed by atoms with Crippen molar-refractivity contribution in [3.05, 3.63) is 34.4 Å². The Kier molecular flexibility index (Phi) is 5.69. The fourth-order valence-corrected chi connectivity index (χ4v) is 7.85. The minimum atomic E-state index is -0.112. The first-order valence-corrected chi connectivity index (χ1v) is 12.4. The summed E-state index contributed by atoms with van der Waals surface area (Å²) in [5, 5.41) is 10.2. The Hall–Kier alpha value is -0.820. The Bertz CT molecular complexity index is 735. The van der Waals surface area contributed by atoms with Crippen LogP contribution in [0.4, 0.5) is 0 Å². The van der Waals surface area contributed by atoms with Crippen LogP contribution in [-0.4, -0.2) is 11.2 Å². The molecule has 1 heteroatoms. The molecule has 0 bridgehead atoms. The fraction of sp³-hybridized carbons (Fsp3) is 0.786. The minimum Gasteiger partial charge on any atom is -0.393 e. The van der Waals surface area contributed by atoms with Crippen LogP contribution in [0.5, 0.6) is 0 Å². The van der Waals surface area contributed by atoms with Crippen LogP contribution in [0.1, 0.15) is 99.3 Å². The molecule has 0 aliphatic heterocycles. The zero-order valence-electron chi connectivity index (χ0n) is 19.9. The van der Waals surface area contributed by atoms with Crippen molar-refractivity contribution in [3.8, 4) is 0 Å². The number of aliphatic hydroxyl groups is 1. The summed E-state index contributed by atoms with van der Waals surface area (Å²) < 4.78 is 0. The van der Waals surface area contributed by atoms with Gasteiger partial charge in [-0.3, -0.25) is 0 Å². The summed E-state index contributed by atoms with van der Waals surface area (Å²) in [7, 11) is 0. The van der Waals surface area contributed by atoms with Crippen LogP contribution in [0, 0.1) is 34.5 Å². The lowest BCUT2D eigenvalue weighted by molar-refractivity contribution is 0.0327.